The van der Waals surface area contributed by atoms with E-state index in [0.717, 1.165) is 50.0 Å². The van der Waals surface area contributed by atoms with Crippen LogP contribution in [-0.4, -0.2) is 37.0 Å². The first-order valence-electron chi connectivity index (χ1n) is 8.06. The minimum atomic E-state index is 0. The maximum Gasteiger partial charge on any atom is 0.0593 e. The van der Waals surface area contributed by atoms with Crippen molar-refractivity contribution in [3.05, 3.63) is 64.7 Å². The number of nitrogens with zero attached hydrogens (tertiary/aromatic N) is 1. The summed E-state index contributed by atoms with van der Waals surface area (Å²) in [6, 6.07) is 16.7. The van der Waals surface area contributed by atoms with Gasteiger partial charge in [-0.1, -0.05) is 35.9 Å². The summed E-state index contributed by atoms with van der Waals surface area (Å²) in [5, 5.41) is 0.786. The molecular weight excluding hydrogens is 361 g/mol. The van der Waals surface area contributed by atoms with Gasteiger partial charge in [-0.2, -0.15) is 0 Å². The van der Waals surface area contributed by atoms with E-state index < -0.39 is 0 Å². The quantitative estimate of drug-likeness (QED) is 0.496. The monoisotopic (exact) mass is 383 g/mol. The molecule has 0 saturated carbocycles. The number of thioether (sulfide) groups is 1. The highest BCUT2D eigenvalue weighted by atomic mass is 35.5. The van der Waals surface area contributed by atoms with Crippen molar-refractivity contribution in [2.45, 2.75) is 17.9 Å². The zero-order valence-corrected chi connectivity index (χ0v) is 16.0. The van der Waals surface area contributed by atoms with E-state index in [1.54, 1.807) is 0 Å². The van der Waals surface area contributed by atoms with Crippen molar-refractivity contribution in [3.8, 4) is 0 Å². The van der Waals surface area contributed by atoms with E-state index >= 15 is 0 Å². The molecule has 0 aliphatic carbocycles. The Kier molecular flexibility index (Phi) is 8.43. The molecule has 0 unspecified atom stereocenters. The van der Waals surface area contributed by atoms with Gasteiger partial charge in [-0.05, 0) is 41.8 Å². The van der Waals surface area contributed by atoms with E-state index in [2.05, 4.69) is 41.3 Å². The van der Waals surface area contributed by atoms with E-state index in [-0.39, 0.29) is 12.4 Å². The van der Waals surface area contributed by atoms with Crippen molar-refractivity contribution in [3.63, 3.8) is 0 Å². The zero-order chi connectivity index (χ0) is 15.9. The van der Waals surface area contributed by atoms with E-state index in [0.29, 0.717) is 0 Å². The Balaban J connectivity index is 0.00000208. The van der Waals surface area contributed by atoms with Crippen molar-refractivity contribution in [2.24, 2.45) is 0 Å². The summed E-state index contributed by atoms with van der Waals surface area (Å²) >= 11 is 7.69. The summed E-state index contributed by atoms with van der Waals surface area (Å²) in [5.41, 5.74) is 2.97. The number of ether oxygens (including phenoxy) is 1. The molecule has 0 saturated heterocycles. The summed E-state index contributed by atoms with van der Waals surface area (Å²) in [5.74, 6) is 0.977. The van der Waals surface area contributed by atoms with Crippen LogP contribution in [0.25, 0.3) is 0 Å². The molecular formula is C19H23Cl2NOS. The normalized spacial score (nSPS) is 14.0. The maximum atomic E-state index is 5.88. The fourth-order valence-corrected chi connectivity index (χ4v) is 3.68. The number of hydrogen-bond acceptors (Lipinski definition) is 3. The maximum absolute atomic E-state index is 5.88. The molecule has 2 aromatic carbocycles. The smallest absolute Gasteiger partial charge is 0.0593 e. The summed E-state index contributed by atoms with van der Waals surface area (Å²) in [6.07, 6.45) is 1.16. The molecule has 0 aromatic heterocycles. The second kappa shape index (κ2) is 10.3. The van der Waals surface area contributed by atoms with Crippen LogP contribution in [0, 0.1) is 0 Å². The Morgan fingerprint density at radius 1 is 1.00 bits per heavy atom. The number of hydrogen-bond donors (Lipinski definition) is 0. The Morgan fingerprint density at radius 3 is 2.54 bits per heavy atom. The summed E-state index contributed by atoms with van der Waals surface area (Å²) in [4.78, 5) is 3.72. The van der Waals surface area contributed by atoms with Crippen molar-refractivity contribution in [1.82, 2.24) is 4.90 Å². The molecule has 24 heavy (non-hydrogen) atoms. The molecule has 1 aliphatic rings. The highest BCUT2D eigenvalue weighted by molar-refractivity contribution is 7.99. The minimum absolute atomic E-state index is 0. The van der Waals surface area contributed by atoms with Gasteiger partial charge in [0, 0.05) is 35.3 Å². The topological polar surface area (TPSA) is 12.5 Å². The van der Waals surface area contributed by atoms with Crippen molar-refractivity contribution < 1.29 is 4.74 Å². The third kappa shape index (κ3) is 5.98. The predicted molar refractivity (Wildman–Crippen MR) is 106 cm³/mol. The fraction of sp³-hybridized carbons (Fsp3) is 0.368. The van der Waals surface area contributed by atoms with Crippen LogP contribution in [0.15, 0.2) is 53.4 Å². The second-order valence-electron chi connectivity index (χ2n) is 5.71. The van der Waals surface area contributed by atoms with Crippen LogP contribution in [-0.2, 0) is 17.7 Å². The summed E-state index contributed by atoms with van der Waals surface area (Å²) < 4.78 is 5.78. The van der Waals surface area contributed by atoms with Gasteiger partial charge in [0.1, 0.15) is 0 Å². The molecule has 2 aromatic rings. The van der Waals surface area contributed by atoms with Gasteiger partial charge in [-0.15, -0.1) is 24.2 Å². The van der Waals surface area contributed by atoms with Gasteiger partial charge in [0.15, 0.2) is 0 Å². The van der Waals surface area contributed by atoms with E-state index in [1.807, 2.05) is 23.9 Å². The summed E-state index contributed by atoms with van der Waals surface area (Å²) in [6.45, 7) is 4.81. The number of benzene rings is 2. The molecule has 1 heterocycles. The molecule has 2 nitrogen and oxygen atoms in total. The summed E-state index contributed by atoms with van der Waals surface area (Å²) in [7, 11) is 0. The van der Waals surface area contributed by atoms with Gasteiger partial charge in [-0.3, -0.25) is 4.90 Å². The van der Waals surface area contributed by atoms with Crippen molar-refractivity contribution in [2.75, 3.05) is 32.1 Å². The van der Waals surface area contributed by atoms with Gasteiger partial charge in [0.2, 0.25) is 0 Å². The third-order valence-corrected chi connectivity index (χ3v) is 5.30. The van der Waals surface area contributed by atoms with Gasteiger partial charge in [0.25, 0.3) is 0 Å². The van der Waals surface area contributed by atoms with E-state index in [4.69, 9.17) is 16.3 Å². The van der Waals surface area contributed by atoms with Gasteiger partial charge in [-0.25, -0.2) is 0 Å². The molecule has 0 fully saturated rings. The molecule has 0 spiro atoms. The van der Waals surface area contributed by atoms with Crippen LogP contribution >= 0.6 is 35.8 Å². The fourth-order valence-electron chi connectivity index (χ4n) is 2.79. The number of fused-ring (bicyclic) bond motifs is 1. The minimum Gasteiger partial charge on any atom is -0.379 e. The van der Waals surface area contributed by atoms with Crippen LogP contribution in [0.4, 0.5) is 0 Å². The average molecular weight is 384 g/mol. The lowest BCUT2D eigenvalue weighted by Gasteiger charge is -2.28. The van der Waals surface area contributed by atoms with Crippen LogP contribution < -0.4 is 0 Å². The second-order valence-corrected chi connectivity index (χ2v) is 7.31. The molecule has 5 heteroatoms. The standard InChI is InChI=1S/C19H22ClNOS.ClH/c20-18-5-7-19(8-6-18)23-14-13-22-12-11-21-10-9-16-3-1-2-4-17(16)15-21;/h1-8H,9-15H2;1H. The lowest BCUT2D eigenvalue weighted by molar-refractivity contribution is 0.110. The van der Waals surface area contributed by atoms with Gasteiger partial charge >= 0.3 is 0 Å². The molecule has 0 N–H and O–H groups in total. The van der Waals surface area contributed by atoms with Crippen molar-refractivity contribution in [1.29, 1.82) is 0 Å². The molecule has 1 aliphatic heterocycles. The van der Waals surface area contributed by atoms with Crippen LogP contribution in [0.2, 0.25) is 5.02 Å². The Morgan fingerprint density at radius 2 is 1.75 bits per heavy atom. The lowest BCUT2D eigenvalue weighted by atomic mass is 10.0. The van der Waals surface area contributed by atoms with Crippen LogP contribution in [0.1, 0.15) is 11.1 Å². The first kappa shape index (κ1) is 19.6. The molecule has 3 rings (SSSR count). The van der Waals surface area contributed by atoms with Crippen LogP contribution in [0.5, 0.6) is 0 Å². The molecule has 0 atom stereocenters. The Hall–Kier alpha value is -0.710. The average Bonchev–Trinajstić information content (AvgIpc) is 2.59. The molecule has 0 bridgehead atoms. The molecule has 0 radical (unpaired) electrons. The first-order valence-corrected chi connectivity index (χ1v) is 9.43. The number of halogens is 2. The van der Waals surface area contributed by atoms with Crippen LogP contribution in [0.3, 0.4) is 0 Å². The van der Waals surface area contributed by atoms with Crippen molar-refractivity contribution >= 4 is 35.8 Å². The van der Waals surface area contributed by atoms with Gasteiger partial charge in [0.05, 0.1) is 13.2 Å². The first-order chi connectivity index (χ1) is 11.3. The highest BCUT2D eigenvalue weighted by Gasteiger charge is 2.14. The van der Waals surface area contributed by atoms with Gasteiger partial charge < -0.3 is 4.74 Å². The SMILES string of the molecule is Cl.Clc1ccc(SCCOCCN2CCc3ccccc3C2)cc1. The third-order valence-electron chi connectivity index (χ3n) is 4.07. The number of rotatable bonds is 7. The van der Waals surface area contributed by atoms with E-state index in [1.165, 1.54) is 16.0 Å². The molecule has 0 amide bonds. The predicted octanol–water partition coefficient (Wildman–Crippen LogP) is 4.93. The zero-order valence-electron chi connectivity index (χ0n) is 13.6. The Labute approximate surface area is 159 Å². The molecule has 130 valence electrons. The van der Waals surface area contributed by atoms with E-state index in [9.17, 15) is 0 Å². The largest absolute Gasteiger partial charge is 0.379 e. The highest BCUT2D eigenvalue weighted by Crippen LogP contribution is 2.20. The lowest BCUT2D eigenvalue weighted by Crippen LogP contribution is -2.33. The Bertz CT molecular complexity index is 621.